The Morgan fingerprint density at radius 1 is 0.697 bits per heavy atom. The van der Waals surface area contributed by atoms with Crippen LogP contribution in [0, 0.1) is 6.92 Å². The lowest BCUT2D eigenvalue weighted by Gasteiger charge is -2.15. The zero-order valence-corrected chi connectivity index (χ0v) is 19.1. The van der Waals surface area contributed by atoms with Crippen molar-refractivity contribution in [3.05, 3.63) is 81.9 Å². The van der Waals surface area contributed by atoms with E-state index in [2.05, 4.69) is 0 Å². The minimum absolute atomic E-state index is 0.107. The Hall–Kier alpha value is -4.13. The summed E-state index contributed by atoms with van der Waals surface area (Å²) in [7, 11) is 5.77. The molecule has 170 valence electrons. The summed E-state index contributed by atoms with van der Waals surface area (Å²) in [5.74, 6) is 0.473. The summed E-state index contributed by atoms with van der Waals surface area (Å²) in [5.41, 5.74) is 2.02. The summed E-state index contributed by atoms with van der Waals surface area (Å²) < 4.78 is 21.4. The van der Waals surface area contributed by atoms with Gasteiger partial charge in [0.05, 0.1) is 45.1 Å². The van der Waals surface area contributed by atoms with Crippen LogP contribution < -0.4 is 18.9 Å². The Morgan fingerprint density at radius 3 is 1.76 bits per heavy atom. The van der Waals surface area contributed by atoms with E-state index in [0.717, 1.165) is 5.56 Å². The number of methoxy groups -OCH3 is 4. The highest BCUT2D eigenvalue weighted by atomic mass is 16.5. The molecule has 0 unspecified atom stereocenters. The maximum Gasteiger partial charge on any atom is 0.196 e. The van der Waals surface area contributed by atoms with Crippen molar-refractivity contribution < 1.29 is 33.3 Å². The molecule has 0 fully saturated rings. The molecular weight excluding hydrogens is 424 g/mol. The molecule has 0 saturated carbocycles. The molecule has 3 aromatic rings. The maximum absolute atomic E-state index is 13.3. The van der Waals surface area contributed by atoms with Gasteiger partial charge < -0.3 is 18.9 Å². The number of aryl methyl sites for hydroxylation is 1. The third-order valence-corrected chi connectivity index (χ3v) is 5.29. The van der Waals surface area contributed by atoms with Gasteiger partial charge in [-0.2, -0.15) is 0 Å². The predicted octanol–water partition coefficient (Wildman–Crippen LogP) is 4.30. The third-order valence-electron chi connectivity index (χ3n) is 5.29. The van der Waals surface area contributed by atoms with E-state index in [0.29, 0.717) is 34.7 Å². The Labute approximate surface area is 191 Å². The number of aldehydes is 1. The van der Waals surface area contributed by atoms with E-state index in [1.807, 2.05) is 6.92 Å². The molecule has 0 aromatic heterocycles. The zero-order chi connectivity index (χ0) is 24.1. The average molecular weight is 448 g/mol. The number of rotatable bonds is 9. The summed E-state index contributed by atoms with van der Waals surface area (Å²) >= 11 is 0. The monoisotopic (exact) mass is 448 g/mol. The molecule has 33 heavy (non-hydrogen) atoms. The summed E-state index contributed by atoms with van der Waals surface area (Å²) in [6.45, 7) is 1.85. The van der Waals surface area contributed by atoms with Gasteiger partial charge in [0.2, 0.25) is 0 Å². The van der Waals surface area contributed by atoms with Gasteiger partial charge in [-0.3, -0.25) is 14.4 Å². The number of benzene rings is 3. The van der Waals surface area contributed by atoms with E-state index in [-0.39, 0.29) is 28.2 Å². The molecule has 0 N–H and O–H groups in total. The fourth-order valence-electron chi connectivity index (χ4n) is 3.68. The molecule has 0 aliphatic rings. The first-order valence-corrected chi connectivity index (χ1v) is 10.0. The lowest BCUT2D eigenvalue weighted by molar-refractivity contribution is 0.103. The average Bonchev–Trinajstić information content (AvgIpc) is 2.86. The quantitative estimate of drug-likeness (QED) is 0.356. The SMILES string of the molecule is COc1ccc(C(=O)c2cccc(C(=O)c3ccc(C)c(OC)c3OC)c2)c(OC)c1C=O. The van der Waals surface area contributed by atoms with Gasteiger partial charge in [-0.1, -0.05) is 24.3 Å². The minimum Gasteiger partial charge on any atom is -0.496 e. The van der Waals surface area contributed by atoms with E-state index in [4.69, 9.17) is 18.9 Å². The van der Waals surface area contributed by atoms with Crippen LogP contribution in [0.25, 0.3) is 0 Å². The molecule has 0 amide bonds. The Balaban J connectivity index is 2.06. The van der Waals surface area contributed by atoms with Crippen molar-refractivity contribution in [1.82, 2.24) is 0 Å². The van der Waals surface area contributed by atoms with Crippen molar-refractivity contribution in [1.29, 1.82) is 0 Å². The minimum atomic E-state index is -0.402. The largest absolute Gasteiger partial charge is 0.496 e. The first kappa shape index (κ1) is 23.5. The van der Waals surface area contributed by atoms with Crippen LogP contribution in [0.4, 0.5) is 0 Å². The van der Waals surface area contributed by atoms with Crippen LogP contribution in [0.3, 0.4) is 0 Å². The number of ketones is 2. The fraction of sp³-hybridized carbons (Fsp3) is 0.192. The second-order valence-corrected chi connectivity index (χ2v) is 7.12. The second-order valence-electron chi connectivity index (χ2n) is 7.12. The third kappa shape index (κ3) is 4.30. The summed E-state index contributed by atoms with van der Waals surface area (Å²) in [5, 5.41) is 0. The highest BCUT2D eigenvalue weighted by molar-refractivity contribution is 6.15. The van der Waals surface area contributed by atoms with Crippen LogP contribution in [0.5, 0.6) is 23.0 Å². The molecular formula is C26H24O7. The zero-order valence-electron chi connectivity index (χ0n) is 19.1. The molecule has 0 bridgehead atoms. The van der Waals surface area contributed by atoms with Crippen molar-refractivity contribution in [2.75, 3.05) is 28.4 Å². The van der Waals surface area contributed by atoms with Crippen LogP contribution in [0.2, 0.25) is 0 Å². The topological polar surface area (TPSA) is 88.1 Å². The number of hydrogen-bond acceptors (Lipinski definition) is 7. The molecule has 3 aromatic carbocycles. The van der Waals surface area contributed by atoms with Crippen molar-refractivity contribution in [2.45, 2.75) is 6.92 Å². The van der Waals surface area contributed by atoms with Crippen molar-refractivity contribution in [3.8, 4) is 23.0 Å². The van der Waals surface area contributed by atoms with Gasteiger partial charge in [-0.15, -0.1) is 0 Å². The molecule has 0 atom stereocenters. The normalized spacial score (nSPS) is 10.3. The molecule has 3 rings (SSSR count). The van der Waals surface area contributed by atoms with Crippen molar-refractivity contribution >= 4 is 17.9 Å². The number of ether oxygens (including phenoxy) is 4. The molecule has 7 heteroatoms. The number of hydrogen-bond donors (Lipinski definition) is 0. The molecule has 0 heterocycles. The molecule has 0 aliphatic carbocycles. The van der Waals surface area contributed by atoms with E-state index in [9.17, 15) is 14.4 Å². The maximum atomic E-state index is 13.3. The summed E-state index contributed by atoms with van der Waals surface area (Å²) in [6, 6.07) is 12.8. The standard InChI is InChI=1S/C26H24O7/c1-15-9-10-19(26(33-5)24(15)31-3)23(29)17-8-6-7-16(13-17)22(28)18-11-12-21(30-2)20(14-27)25(18)32-4/h6-14H,1-5H3. The summed E-state index contributed by atoms with van der Waals surface area (Å²) in [4.78, 5) is 38.1. The molecule has 7 nitrogen and oxygen atoms in total. The van der Waals surface area contributed by atoms with Crippen molar-refractivity contribution in [3.63, 3.8) is 0 Å². The molecule has 0 radical (unpaired) electrons. The van der Waals surface area contributed by atoms with Gasteiger partial charge in [0, 0.05) is 11.1 Å². The van der Waals surface area contributed by atoms with Gasteiger partial charge >= 0.3 is 0 Å². The first-order chi connectivity index (χ1) is 15.9. The van der Waals surface area contributed by atoms with Gasteiger partial charge in [-0.25, -0.2) is 0 Å². The van der Waals surface area contributed by atoms with Gasteiger partial charge in [0.25, 0.3) is 0 Å². The van der Waals surface area contributed by atoms with Gasteiger partial charge in [-0.05, 0) is 36.8 Å². The lowest BCUT2D eigenvalue weighted by Crippen LogP contribution is -2.10. The second kappa shape index (κ2) is 9.99. The molecule has 0 aliphatic heterocycles. The van der Waals surface area contributed by atoms with Crippen LogP contribution in [-0.4, -0.2) is 46.3 Å². The van der Waals surface area contributed by atoms with Crippen molar-refractivity contribution in [2.24, 2.45) is 0 Å². The number of carbonyl (C=O) groups is 3. The lowest BCUT2D eigenvalue weighted by atomic mass is 9.95. The fourth-order valence-corrected chi connectivity index (χ4v) is 3.68. The Kier molecular flexibility index (Phi) is 7.13. The van der Waals surface area contributed by atoms with E-state index in [1.54, 1.807) is 30.3 Å². The van der Waals surface area contributed by atoms with Gasteiger partial charge in [0.15, 0.2) is 29.4 Å². The first-order valence-electron chi connectivity index (χ1n) is 10.0. The van der Waals surface area contributed by atoms with E-state index >= 15 is 0 Å². The van der Waals surface area contributed by atoms with Crippen LogP contribution in [0.15, 0.2) is 48.5 Å². The Bertz CT molecular complexity index is 1230. The van der Waals surface area contributed by atoms with E-state index in [1.165, 1.54) is 46.6 Å². The van der Waals surface area contributed by atoms with Gasteiger partial charge in [0.1, 0.15) is 11.5 Å². The summed E-state index contributed by atoms with van der Waals surface area (Å²) in [6.07, 6.45) is 0.575. The van der Waals surface area contributed by atoms with E-state index < -0.39 is 5.78 Å². The highest BCUT2D eigenvalue weighted by Gasteiger charge is 2.23. The Morgan fingerprint density at radius 2 is 1.24 bits per heavy atom. The number of carbonyl (C=O) groups excluding carboxylic acids is 3. The predicted molar refractivity (Wildman–Crippen MR) is 123 cm³/mol. The van der Waals surface area contributed by atoms with Crippen LogP contribution in [0.1, 0.15) is 47.8 Å². The molecule has 0 saturated heterocycles. The highest BCUT2D eigenvalue weighted by Crippen LogP contribution is 2.36. The van der Waals surface area contributed by atoms with Crippen LogP contribution >= 0.6 is 0 Å². The van der Waals surface area contributed by atoms with Crippen LogP contribution in [-0.2, 0) is 0 Å². The smallest absolute Gasteiger partial charge is 0.196 e. The molecule has 0 spiro atoms.